The number of rotatable bonds is 4. The highest BCUT2D eigenvalue weighted by Crippen LogP contribution is 2.33. The topological polar surface area (TPSA) is 102 Å². The van der Waals surface area contributed by atoms with Gasteiger partial charge in [0.15, 0.2) is 5.72 Å². The summed E-state index contributed by atoms with van der Waals surface area (Å²) in [7, 11) is 0. The molecular formula is C19H19ClN6O4. The van der Waals surface area contributed by atoms with Crippen LogP contribution in [0.2, 0.25) is 5.02 Å². The molecule has 0 saturated carbocycles. The number of nitro groups is 1. The van der Waals surface area contributed by atoms with Gasteiger partial charge in [-0.05, 0) is 36.1 Å². The van der Waals surface area contributed by atoms with E-state index in [1.165, 1.54) is 6.20 Å². The zero-order valence-corrected chi connectivity index (χ0v) is 16.9. The molecule has 0 unspecified atom stereocenters. The third-order valence-electron chi connectivity index (χ3n) is 5.46. The number of furan rings is 1. The minimum absolute atomic E-state index is 0.195. The maximum atomic E-state index is 10.9. The van der Waals surface area contributed by atoms with Crippen molar-refractivity contribution < 1.29 is 14.1 Å². The van der Waals surface area contributed by atoms with E-state index >= 15 is 0 Å². The predicted molar refractivity (Wildman–Crippen MR) is 110 cm³/mol. The molecule has 0 spiro atoms. The van der Waals surface area contributed by atoms with Crippen molar-refractivity contribution in [1.82, 2.24) is 19.5 Å². The molecule has 2 aliphatic rings. The van der Waals surface area contributed by atoms with Crippen molar-refractivity contribution in [1.29, 1.82) is 0 Å². The van der Waals surface area contributed by atoms with Crippen LogP contribution in [0.15, 0.2) is 40.0 Å². The van der Waals surface area contributed by atoms with Gasteiger partial charge in [-0.3, -0.25) is 14.5 Å². The molecule has 1 atom stereocenters. The first-order valence-corrected chi connectivity index (χ1v) is 9.91. The summed E-state index contributed by atoms with van der Waals surface area (Å²) >= 11 is 6.02. The van der Waals surface area contributed by atoms with E-state index in [-0.39, 0.29) is 11.8 Å². The normalized spacial score (nSPS) is 22.0. The van der Waals surface area contributed by atoms with Crippen LogP contribution >= 0.6 is 11.6 Å². The maximum absolute atomic E-state index is 10.9. The Morgan fingerprint density at radius 3 is 2.83 bits per heavy atom. The number of ether oxygens (including phenoxy) is 1. The van der Waals surface area contributed by atoms with Crippen LogP contribution in [0, 0.1) is 10.1 Å². The van der Waals surface area contributed by atoms with E-state index < -0.39 is 10.6 Å². The van der Waals surface area contributed by atoms with Gasteiger partial charge in [0.25, 0.3) is 0 Å². The van der Waals surface area contributed by atoms with Crippen molar-refractivity contribution in [2.24, 2.45) is 5.10 Å². The lowest BCUT2D eigenvalue weighted by Crippen LogP contribution is -2.57. The Hall–Kier alpha value is -3.11. The second kappa shape index (κ2) is 6.99. The second-order valence-electron chi connectivity index (χ2n) is 7.56. The summed E-state index contributed by atoms with van der Waals surface area (Å²) < 4.78 is 13.4. The molecule has 1 saturated heterocycles. The molecule has 0 amide bonds. The van der Waals surface area contributed by atoms with Crippen molar-refractivity contribution in [3.05, 3.63) is 51.4 Å². The molecule has 10 nitrogen and oxygen atoms in total. The zero-order chi connectivity index (χ0) is 20.9. The van der Waals surface area contributed by atoms with Crippen LogP contribution in [0.3, 0.4) is 0 Å². The standard InChI is InChI=1S/C19H19ClN6O4/c1-19(12-23-11-17(26(27)28)22-18(23)30-19)24-4-6-25(7-5-24)21-10-15-9-13-8-14(20)2-3-16(13)29-15/h2-3,8-11H,4-7,12H2,1H3/b21-10+/t19-/m1/s1. The van der Waals surface area contributed by atoms with Gasteiger partial charge in [0, 0.05) is 41.6 Å². The van der Waals surface area contributed by atoms with Gasteiger partial charge in [0.1, 0.15) is 17.5 Å². The Labute approximate surface area is 176 Å². The van der Waals surface area contributed by atoms with Gasteiger partial charge in [0.05, 0.1) is 12.8 Å². The van der Waals surface area contributed by atoms with Crippen LogP contribution < -0.4 is 4.74 Å². The fourth-order valence-electron chi connectivity index (χ4n) is 3.90. The third-order valence-corrected chi connectivity index (χ3v) is 5.69. The molecule has 1 aromatic carbocycles. The summed E-state index contributed by atoms with van der Waals surface area (Å²) in [5.74, 6) is 0.479. The van der Waals surface area contributed by atoms with Gasteiger partial charge in [-0.2, -0.15) is 5.10 Å². The number of aromatic nitrogens is 2. The number of benzene rings is 1. The van der Waals surface area contributed by atoms with Gasteiger partial charge in [-0.1, -0.05) is 11.6 Å². The molecule has 1 fully saturated rings. The largest absolute Gasteiger partial charge is 0.455 e. The monoisotopic (exact) mass is 430 g/mol. The molecule has 4 heterocycles. The second-order valence-corrected chi connectivity index (χ2v) is 8.00. The van der Waals surface area contributed by atoms with Crippen molar-refractivity contribution in [3.63, 3.8) is 0 Å². The van der Waals surface area contributed by atoms with Crippen LogP contribution in [-0.2, 0) is 6.54 Å². The molecule has 0 N–H and O–H groups in total. The molecular weight excluding hydrogens is 412 g/mol. The SMILES string of the molecule is C[C@]1(N2CCN(/N=C/c3cc4cc(Cl)ccc4o3)CC2)Cn2cc([N+](=O)[O-])nc2O1. The van der Waals surface area contributed by atoms with E-state index in [9.17, 15) is 10.1 Å². The molecule has 3 aromatic rings. The fraction of sp³-hybridized carbons (Fsp3) is 0.368. The summed E-state index contributed by atoms with van der Waals surface area (Å²) in [5.41, 5.74) is 0.195. The maximum Gasteiger partial charge on any atom is 0.416 e. The third kappa shape index (κ3) is 3.37. The quantitative estimate of drug-likeness (QED) is 0.356. The number of nitrogens with zero attached hydrogens (tertiary/aromatic N) is 6. The lowest BCUT2D eigenvalue weighted by Gasteiger charge is -2.41. The number of piperazine rings is 1. The first kappa shape index (κ1) is 18.9. The molecule has 156 valence electrons. The van der Waals surface area contributed by atoms with Gasteiger partial charge < -0.3 is 19.3 Å². The average Bonchev–Trinajstić information content (AvgIpc) is 3.37. The van der Waals surface area contributed by atoms with E-state index in [1.54, 1.807) is 16.8 Å². The van der Waals surface area contributed by atoms with Gasteiger partial charge in [0.2, 0.25) is 0 Å². The highest BCUT2D eigenvalue weighted by Gasteiger charge is 2.45. The van der Waals surface area contributed by atoms with Crippen LogP contribution in [0.4, 0.5) is 5.82 Å². The Morgan fingerprint density at radius 1 is 1.30 bits per heavy atom. The van der Waals surface area contributed by atoms with Crippen LogP contribution in [0.25, 0.3) is 11.0 Å². The van der Waals surface area contributed by atoms with E-state index in [2.05, 4.69) is 15.0 Å². The van der Waals surface area contributed by atoms with Gasteiger partial charge in [-0.15, -0.1) is 0 Å². The van der Waals surface area contributed by atoms with Crippen LogP contribution in [0.5, 0.6) is 6.01 Å². The molecule has 2 aromatic heterocycles. The molecule has 0 aliphatic carbocycles. The predicted octanol–water partition coefficient (Wildman–Crippen LogP) is 2.95. The summed E-state index contributed by atoms with van der Waals surface area (Å²) in [6.45, 7) is 5.42. The number of hydrogen-bond donors (Lipinski definition) is 0. The first-order valence-electron chi connectivity index (χ1n) is 9.53. The Morgan fingerprint density at radius 2 is 2.10 bits per heavy atom. The summed E-state index contributed by atoms with van der Waals surface area (Å²) in [4.78, 5) is 16.5. The number of imidazole rings is 1. The van der Waals surface area contributed by atoms with Gasteiger partial charge in [-0.25, -0.2) is 0 Å². The lowest BCUT2D eigenvalue weighted by molar-refractivity contribution is -0.389. The molecule has 0 radical (unpaired) electrons. The summed E-state index contributed by atoms with van der Waals surface area (Å²) in [6.07, 6.45) is 3.13. The number of hydrogen-bond acceptors (Lipinski definition) is 8. The first-order chi connectivity index (χ1) is 14.4. The number of halogens is 1. The van der Waals surface area contributed by atoms with Gasteiger partial charge >= 0.3 is 11.8 Å². The van der Waals surface area contributed by atoms with Crippen molar-refractivity contribution >= 4 is 34.6 Å². The molecule has 2 aliphatic heterocycles. The van der Waals surface area contributed by atoms with E-state index in [4.69, 9.17) is 20.8 Å². The molecule has 5 rings (SSSR count). The molecule has 0 bridgehead atoms. The van der Waals surface area contributed by atoms with Crippen molar-refractivity contribution in [2.75, 3.05) is 26.2 Å². The highest BCUT2D eigenvalue weighted by molar-refractivity contribution is 6.31. The molecule has 11 heteroatoms. The average molecular weight is 431 g/mol. The lowest BCUT2D eigenvalue weighted by atomic mass is 10.2. The Balaban J connectivity index is 1.20. The minimum atomic E-state index is -0.578. The molecule has 30 heavy (non-hydrogen) atoms. The highest BCUT2D eigenvalue weighted by atomic mass is 35.5. The fourth-order valence-corrected chi connectivity index (χ4v) is 4.08. The van der Waals surface area contributed by atoms with Crippen molar-refractivity contribution in [3.8, 4) is 6.01 Å². The van der Waals surface area contributed by atoms with Crippen LogP contribution in [-0.4, -0.2) is 62.5 Å². The van der Waals surface area contributed by atoms with E-state index in [0.29, 0.717) is 17.3 Å². The van der Waals surface area contributed by atoms with E-state index in [0.717, 1.165) is 37.1 Å². The zero-order valence-electron chi connectivity index (χ0n) is 16.2. The Kier molecular flexibility index (Phi) is 4.40. The summed E-state index contributed by atoms with van der Waals surface area (Å²) in [6, 6.07) is 7.70. The minimum Gasteiger partial charge on any atom is -0.455 e. The summed E-state index contributed by atoms with van der Waals surface area (Å²) in [5, 5.41) is 19.0. The Bertz CT molecular complexity index is 1120. The van der Waals surface area contributed by atoms with Crippen LogP contribution in [0.1, 0.15) is 12.7 Å². The van der Waals surface area contributed by atoms with E-state index in [1.807, 2.05) is 30.1 Å². The smallest absolute Gasteiger partial charge is 0.416 e. The number of hydrazone groups is 1. The van der Waals surface area contributed by atoms with Crippen molar-refractivity contribution in [2.45, 2.75) is 19.2 Å². The number of fused-ring (bicyclic) bond motifs is 2.